The van der Waals surface area contributed by atoms with Crippen molar-refractivity contribution in [3.8, 4) is 0 Å². The summed E-state index contributed by atoms with van der Waals surface area (Å²) in [5.74, 6) is 4.76. The second-order valence-corrected chi connectivity index (χ2v) is 12.0. The molecule has 6 rings (SSSR count). The van der Waals surface area contributed by atoms with Crippen molar-refractivity contribution in [1.29, 1.82) is 0 Å². The number of rotatable bonds is 0. The van der Waals surface area contributed by atoms with E-state index in [4.69, 9.17) is 9.47 Å². The van der Waals surface area contributed by atoms with E-state index in [2.05, 4.69) is 13.8 Å². The van der Waals surface area contributed by atoms with Crippen LogP contribution in [-0.4, -0.2) is 29.7 Å². The molecule has 2 saturated heterocycles. The Hall–Kier alpha value is -0.120. The summed E-state index contributed by atoms with van der Waals surface area (Å²) in [5, 5.41) is 11.4. The predicted octanol–water partition coefficient (Wildman–Crippen LogP) is 5.16. The van der Waals surface area contributed by atoms with Crippen LogP contribution < -0.4 is 0 Å². The van der Waals surface area contributed by atoms with Gasteiger partial charge in [0.05, 0.1) is 18.8 Å². The molecule has 1 N–H and O–H groups in total. The fourth-order valence-electron chi connectivity index (χ4n) is 9.32. The molecule has 0 bridgehead atoms. The number of hydrogen-bond donors (Lipinski definition) is 1. The van der Waals surface area contributed by atoms with Crippen molar-refractivity contribution in [2.75, 3.05) is 6.61 Å². The first-order chi connectivity index (χ1) is 13.5. The molecule has 0 amide bonds. The van der Waals surface area contributed by atoms with E-state index in [-0.39, 0.29) is 17.3 Å². The zero-order chi connectivity index (χ0) is 19.1. The predicted molar refractivity (Wildman–Crippen MR) is 109 cm³/mol. The minimum absolute atomic E-state index is 0.0836. The van der Waals surface area contributed by atoms with Crippen molar-refractivity contribution < 1.29 is 14.6 Å². The summed E-state index contributed by atoms with van der Waals surface area (Å²) in [4.78, 5) is 0. The zero-order valence-electron chi connectivity index (χ0n) is 17.9. The van der Waals surface area contributed by atoms with Gasteiger partial charge in [-0.25, -0.2) is 0 Å². The molecule has 2 heterocycles. The number of aliphatic hydroxyl groups excluding tert-OH is 1. The number of aliphatic hydroxyl groups is 1. The zero-order valence-corrected chi connectivity index (χ0v) is 17.9. The molecule has 158 valence electrons. The van der Waals surface area contributed by atoms with Crippen molar-refractivity contribution >= 4 is 0 Å². The minimum atomic E-state index is -0.293. The Morgan fingerprint density at radius 2 is 1.79 bits per heavy atom. The molecule has 0 aromatic carbocycles. The maximum absolute atomic E-state index is 11.4. The van der Waals surface area contributed by atoms with Gasteiger partial charge in [-0.3, -0.25) is 0 Å². The fraction of sp³-hybridized carbons (Fsp3) is 1.00. The largest absolute Gasteiger partial charge is 0.393 e. The summed E-state index contributed by atoms with van der Waals surface area (Å²) >= 11 is 0. The quantitative estimate of drug-likeness (QED) is 0.623. The van der Waals surface area contributed by atoms with E-state index in [0.717, 1.165) is 49.5 Å². The van der Waals surface area contributed by atoms with E-state index in [1.165, 1.54) is 51.4 Å². The second-order valence-electron chi connectivity index (χ2n) is 12.0. The van der Waals surface area contributed by atoms with E-state index in [0.29, 0.717) is 23.9 Å². The maximum Gasteiger partial charge on any atom is 0.169 e. The summed E-state index contributed by atoms with van der Waals surface area (Å²) in [6, 6.07) is 0. The van der Waals surface area contributed by atoms with Crippen molar-refractivity contribution in [3.63, 3.8) is 0 Å². The highest BCUT2D eigenvalue weighted by atomic mass is 16.7. The number of hydrogen-bond acceptors (Lipinski definition) is 3. The van der Waals surface area contributed by atoms with Gasteiger partial charge < -0.3 is 14.6 Å². The molecule has 3 nitrogen and oxygen atoms in total. The van der Waals surface area contributed by atoms with Gasteiger partial charge in [-0.05, 0) is 85.4 Å². The molecule has 28 heavy (non-hydrogen) atoms. The second kappa shape index (κ2) is 6.44. The molecular formula is C25H40O3. The minimum Gasteiger partial charge on any atom is -0.393 e. The van der Waals surface area contributed by atoms with E-state index in [1.807, 2.05) is 0 Å². The van der Waals surface area contributed by atoms with Crippen LogP contribution in [0.25, 0.3) is 0 Å². The van der Waals surface area contributed by atoms with Crippen LogP contribution in [0.4, 0.5) is 0 Å². The van der Waals surface area contributed by atoms with Crippen molar-refractivity contribution in [1.82, 2.24) is 0 Å². The number of fused-ring (bicyclic) bond motifs is 7. The van der Waals surface area contributed by atoms with Gasteiger partial charge in [-0.2, -0.15) is 0 Å². The monoisotopic (exact) mass is 388 g/mol. The van der Waals surface area contributed by atoms with Gasteiger partial charge in [-0.15, -0.1) is 0 Å². The fourth-order valence-corrected chi connectivity index (χ4v) is 9.32. The van der Waals surface area contributed by atoms with E-state index in [1.54, 1.807) is 0 Å². The average molecular weight is 389 g/mol. The number of ether oxygens (including phenoxy) is 2. The Bertz CT molecular complexity index is 611. The lowest BCUT2D eigenvalue weighted by atomic mass is 9.48. The van der Waals surface area contributed by atoms with E-state index in [9.17, 15) is 5.11 Å². The van der Waals surface area contributed by atoms with Gasteiger partial charge in [0.2, 0.25) is 0 Å². The van der Waals surface area contributed by atoms with Crippen molar-refractivity contribution in [2.24, 2.45) is 46.8 Å². The summed E-state index contributed by atoms with van der Waals surface area (Å²) < 4.78 is 13.1. The first kappa shape index (κ1) is 18.6. The Labute approximate surface area is 170 Å². The molecule has 1 spiro atoms. The van der Waals surface area contributed by atoms with Gasteiger partial charge in [-0.1, -0.05) is 33.1 Å². The molecule has 6 fully saturated rings. The van der Waals surface area contributed by atoms with Crippen LogP contribution in [0.15, 0.2) is 0 Å². The lowest BCUT2D eigenvalue weighted by Crippen LogP contribution is -2.54. The van der Waals surface area contributed by atoms with Gasteiger partial charge in [0.15, 0.2) is 5.79 Å². The maximum atomic E-state index is 11.4. The first-order valence-corrected chi connectivity index (χ1v) is 12.5. The Kier molecular flexibility index (Phi) is 4.28. The highest BCUT2D eigenvalue weighted by Crippen LogP contribution is 2.68. The van der Waals surface area contributed by atoms with Crippen LogP contribution in [0.3, 0.4) is 0 Å². The highest BCUT2D eigenvalue weighted by Gasteiger charge is 2.66. The lowest BCUT2D eigenvalue weighted by molar-refractivity contribution is -0.256. The van der Waals surface area contributed by atoms with Crippen LogP contribution in [0, 0.1) is 46.8 Å². The Morgan fingerprint density at radius 3 is 2.61 bits per heavy atom. The van der Waals surface area contributed by atoms with Crippen LogP contribution in [0.2, 0.25) is 0 Å². The van der Waals surface area contributed by atoms with Crippen LogP contribution in [0.5, 0.6) is 0 Å². The smallest absolute Gasteiger partial charge is 0.169 e. The summed E-state index contributed by atoms with van der Waals surface area (Å²) in [7, 11) is 0. The topological polar surface area (TPSA) is 38.7 Å². The van der Waals surface area contributed by atoms with Gasteiger partial charge in [0.1, 0.15) is 0 Å². The van der Waals surface area contributed by atoms with Crippen molar-refractivity contribution in [2.45, 2.75) is 102 Å². The van der Waals surface area contributed by atoms with Crippen LogP contribution >= 0.6 is 0 Å². The summed E-state index contributed by atoms with van der Waals surface area (Å²) in [6.07, 6.45) is 14.3. The van der Waals surface area contributed by atoms with Crippen LogP contribution in [0.1, 0.15) is 84.5 Å². The molecule has 2 aliphatic heterocycles. The third-order valence-electron chi connectivity index (χ3n) is 10.6. The Morgan fingerprint density at radius 1 is 0.929 bits per heavy atom. The van der Waals surface area contributed by atoms with E-state index < -0.39 is 0 Å². The summed E-state index contributed by atoms with van der Waals surface area (Å²) in [5.41, 5.74) is 0.253. The molecule has 0 aromatic rings. The third kappa shape index (κ3) is 2.57. The SMILES string of the molecule is C[C@@H]1CC[C@]2(C[C@@H]3[C@H](C[C@@H]4[C@@H]5CC[C@@H]6CCCC[C@@H]6[C@@H]5[C@H](O)C[C@@]43C)O2)OC1. The highest BCUT2D eigenvalue weighted by molar-refractivity contribution is 5.13. The average Bonchev–Trinajstić information content (AvgIpc) is 3.17. The molecule has 3 heteroatoms. The molecular weight excluding hydrogens is 348 g/mol. The molecule has 6 aliphatic rings. The van der Waals surface area contributed by atoms with E-state index >= 15 is 0 Å². The van der Waals surface area contributed by atoms with Crippen LogP contribution in [-0.2, 0) is 9.47 Å². The van der Waals surface area contributed by atoms with Gasteiger partial charge in [0, 0.05) is 12.8 Å². The molecule has 4 saturated carbocycles. The normalized spacial score (nSPS) is 60.8. The molecule has 11 atom stereocenters. The molecule has 0 radical (unpaired) electrons. The lowest BCUT2D eigenvalue weighted by Gasteiger charge is -2.57. The standard InChI is InChI=1S/C25H40O3/c1-15-9-10-25(27-14-15)12-20-22(28-25)11-19-18-8-7-16-5-3-4-6-17(16)23(18)21(26)13-24(19,20)2/h15-23,26H,3-14H2,1-2H3/t15-,16+,17+,18+,19-,20-,21-,22+,23+,24+,25+/m1/s1. The summed E-state index contributed by atoms with van der Waals surface area (Å²) in [6.45, 7) is 5.66. The van der Waals surface area contributed by atoms with Gasteiger partial charge in [0.25, 0.3) is 0 Å². The third-order valence-corrected chi connectivity index (χ3v) is 10.6. The molecule has 4 aliphatic carbocycles. The molecule has 0 unspecified atom stereocenters. The first-order valence-electron chi connectivity index (χ1n) is 12.5. The molecule has 0 aromatic heterocycles. The van der Waals surface area contributed by atoms with Gasteiger partial charge >= 0.3 is 0 Å². The van der Waals surface area contributed by atoms with Crippen molar-refractivity contribution in [3.05, 3.63) is 0 Å². The Balaban J connectivity index is 1.25.